The minimum atomic E-state index is -1.56. The Morgan fingerprint density at radius 3 is 1.40 bits per heavy atom. The molecule has 0 amide bonds. The number of benzene rings is 2. The molecule has 6 rings (SSSR count). The van der Waals surface area contributed by atoms with Crippen LogP contribution in [-0.2, 0) is 0 Å². The van der Waals surface area contributed by atoms with E-state index in [2.05, 4.69) is 42.5 Å². The third-order valence-electron chi connectivity index (χ3n) is 11.5. The average molecular weight is 608 g/mol. The van der Waals surface area contributed by atoms with Crippen LogP contribution in [0.25, 0.3) is 11.1 Å². The van der Waals surface area contributed by atoms with Crippen molar-refractivity contribution in [3.05, 3.63) is 42.5 Å². The van der Waals surface area contributed by atoms with Crippen LogP contribution in [0.15, 0.2) is 42.5 Å². The van der Waals surface area contributed by atoms with Crippen LogP contribution >= 0.6 is 14.6 Å². The van der Waals surface area contributed by atoms with Crippen LogP contribution in [0.1, 0.15) is 128 Å². The highest BCUT2D eigenvalue weighted by Crippen LogP contribution is 2.95. The van der Waals surface area contributed by atoms with Gasteiger partial charge in [-0.3, -0.25) is 0 Å². The lowest BCUT2D eigenvalue weighted by atomic mass is 9.99. The van der Waals surface area contributed by atoms with E-state index in [9.17, 15) is 0 Å². The van der Waals surface area contributed by atoms with Gasteiger partial charge in [-0.2, -0.15) is 0 Å². The lowest BCUT2D eigenvalue weighted by Gasteiger charge is -2.53. The number of hydrogen-bond acceptors (Lipinski definition) is 2. The van der Waals surface area contributed by atoms with E-state index in [4.69, 9.17) is 9.47 Å². The Morgan fingerprint density at radius 1 is 0.524 bits per heavy atom. The highest BCUT2D eigenvalue weighted by atomic mass is 32.1. The molecule has 0 radical (unpaired) electrons. The van der Waals surface area contributed by atoms with Gasteiger partial charge < -0.3 is 9.47 Å². The first-order valence-electron chi connectivity index (χ1n) is 17.8. The summed E-state index contributed by atoms with van der Waals surface area (Å²) in [4.78, 5) is 0. The van der Waals surface area contributed by atoms with E-state index in [1.807, 2.05) is 19.5 Å². The summed E-state index contributed by atoms with van der Waals surface area (Å²) in [5.74, 6) is 1.96. The molecule has 0 saturated heterocycles. The maximum atomic E-state index is 6.13. The highest BCUT2D eigenvalue weighted by Gasteiger charge is 2.63. The quantitative estimate of drug-likeness (QED) is 0.264. The van der Waals surface area contributed by atoms with Gasteiger partial charge in [-0.25, -0.2) is 0 Å². The lowest BCUT2D eigenvalue weighted by molar-refractivity contribution is 0.397. The molecule has 0 heterocycles. The van der Waals surface area contributed by atoms with E-state index in [0.717, 1.165) is 34.1 Å². The van der Waals surface area contributed by atoms with Gasteiger partial charge in [-0.05, 0) is 95.2 Å². The van der Waals surface area contributed by atoms with Crippen molar-refractivity contribution in [1.29, 1.82) is 0 Å². The summed E-state index contributed by atoms with van der Waals surface area (Å²) in [6.45, 7) is -1.56. The van der Waals surface area contributed by atoms with Crippen molar-refractivity contribution in [3.63, 3.8) is 0 Å². The molecule has 4 heteroatoms. The molecule has 2 aromatic rings. The summed E-state index contributed by atoms with van der Waals surface area (Å²) in [6, 6.07) is 16.3. The first kappa shape index (κ1) is 30.9. The Morgan fingerprint density at radius 2 is 0.952 bits per heavy atom. The predicted molar refractivity (Wildman–Crippen MR) is 186 cm³/mol. The zero-order chi connectivity index (χ0) is 28.8. The van der Waals surface area contributed by atoms with Gasteiger partial charge >= 0.3 is 0 Å². The second-order valence-electron chi connectivity index (χ2n) is 13.8. The van der Waals surface area contributed by atoms with E-state index in [1.165, 1.54) is 140 Å². The van der Waals surface area contributed by atoms with E-state index in [0.29, 0.717) is 0 Å². The van der Waals surface area contributed by atoms with Gasteiger partial charge in [0, 0.05) is 16.9 Å². The SMILES string of the molecule is COc1cccc(OC)c1-c1ccccc1[P+](C1CCCCC1)(C1CCCCC1)P(C1CCCCC1)C1CCCCC1. The van der Waals surface area contributed by atoms with Crippen LogP contribution in [-0.4, -0.2) is 36.9 Å². The maximum Gasteiger partial charge on any atom is 0.130 e. The van der Waals surface area contributed by atoms with Crippen molar-refractivity contribution in [2.75, 3.05) is 14.2 Å². The largest absolute Gasteiger partial charge is 0.496 e. The molecule has 0 unspecified atom stereocenters. The summed E-state index contributed by atoms with van der Waals surface area (Å²) < 4.78 is 12.3. The van der Waals surface area contributed by atoms with Crippen LogP contribution in [0.2, 0.25) is 0 Å². The Balaban J connectivity index is 1.65. The Kier molecular flexibility index (Phi) is 10.9. The van der Waals surface area contributed by atoms with Crippen LogP contribution in [0.4, 0.5) is 0 Å². The van der Waals surface area contributed by atoms with Gasteiger partial charge in [0.05, 0.1) is 45.7 Å². The van der Waals surface area contributed by atoms with Crippen molar-refractivity contribution < 1.29 is 9.47 Å². The Hall–Kier alpha value is -1.10. The van der Waals surface area contributed by atoms with Crippen LogP contribution in [0.3, 0.4) is 0 Å². The van der Waals surface area contributed by atoms with E-state index in [-0.39, 0.29) is 7.61 Å². The predicted octanol–water partition coefficient (Wildman–Crippen LogP) is 11.7. The molecular formula is C38H57O2P2+. The number of rotatable bonds is 9. The standard InChI is InChI=1S/C38H57O2P2/c1-39-35-27-17-28-36(40-2)38(35)34-26-15-16-29-37(34)42(32-22-11-5-12-23-32,33-24-13-6-14-25-33)41(30-18-7-3-8-19-30)31-20-9-4-10-21-31/h15-17,26-33H,3-14,18-25H2,1-2H3/q+1. The molecule has 4 aliphatic carbocycles. The minimum absolute atomic E-state index is 0.0716. The molecule has 2 aromatic carbocycles. The van der Waals surface area contributed by atoms with Crippen molar-refractivity contribution >= 4 is 19.9 Å². The Bertz CT molecular complexity index is 1070. The summed E-state index contributed by atoms with van der Waals surface area (Å²) in [6.07, 6.45) is 29.6. The molecule has 230 valence electrons. The van der Waals surface area contributed by atoms with Crippen molar-refractivity contribution in [3.8, 4) is 22.6 Å². The molecular weight excluding hydrogens is 550 g/mol. The van der Waals surface area contributed by atoms with Gasteiger partial charge in [0.15, 0.2) is 0 Å². The van der Waals surface area contributed by atoms with Gasteiger partial charge in [0.1, 0.15) is 16.8 Å². The second-order valence-corrected chi connectivity index (χ2v) is 22.9. The minimum Gasteiger partial charge on any atom is -0.496 e. The molecule has 4 saturated carbocycles. The van der Waals surface area contributed by atoms with Crippen LogP contribution < -0.4 is 14.8 Å². The molecule has 0 atom stereocenters. The van der Waals surface area contributed by atoms with Crippen molar-refractivity contribution in [1.82, 2.24) is 0 Å². The molecule has 42 heavy (non-hydrogen) atoms. The van der Waals surface area contributed by atoms with Crippen LogP contribution in [0.5, 0.6) is 11.5 Å². The zero-order valence-electron chi connectivity index (χ0n) is 26.7. The number of hydrogen-bond donors (Lipinski definition) is 0. The fraction of sp³-hybridized carbons (Fsp3) is 0.684. The van der Waals surface area contributed by atoms with Crippen molar-refractivity contribution in [2.45, 2.75) is 151 Å². The third-order valence-corrected chi connectivity index (χ3v) is 26.1. The van der Waals surface area contributed by atoms with Gasteiger partial charge in [0.25, 0.3) is 0 Å². The monoisotopic (exact) mass is 607 g/mol. The fourth-order valence-corrected chi connectivity index (χ4v) is 28.4. The molecule has 0 spiro atoms. The van der Waals surface area contributed by atoms with E-state index >= 15 is 0 Å². The van der Waals surface area contributed by atoms with E-state index < -0.39 is 6.95 Å². The molecule has 4 fully saturated rings. The highest BCUT2D eigenvalue weighted by molar-refractivity contribution is 8.43. The first-order chi connectivity index (χ1) is 20.8. The molecule has 2 nitrogen and oxygen atoms in total. The van der Waals surface area contributed by atoms with E-state index in [1.54, 1.807) is 0 Å². The first-order valence-corrected chi connectivity index (χ1v) is 21.9. The van der Waals surface area contributed by atoms with Gasteiger partial charge in [-0.1, -0.05) is 75.6 Å². The smallest absolute Gasteiger partial charge is 0.130 e. The van der Waals surface area contributed by atoms with Crippen LogP contribution in [0, 0.1) is 0 Å². The average Bonchev–Trinajstić information content (AvgIpc) is 3.08. The zero-order valence-corrected chi connectivity index (χ0v) is 28.5. The summed E-state index contributed by atoms with van der Waals surface area (Å²) in [5, 5.41) is 1.81. The normalized spacial score (nSPS) is 22.4. The summed E-state index contributed by atoms with van der Waals surface area (Å²) >= 11 is 0. The number of ether oxygens (including phenoxy) is 2. The van der Waals surface area contributed by atoms with Crippen molar-refractivity contribution in [2.24, 2.45) is 0 Å². The Labute approximate surface area is 259 Å². The third kappa shape index (κ3) is 6.08. The maximum absolute atomic E-state index is 6.13. The van der Waals surface area contributed by atoms with Gasteiger partial charge in [0.2, 0.25) is 0 Å². The summed E-state index contributed by atoms with van der Waals surface area (Å²) in [7, 11) is 3.63. The number of methoxy groups -OCH3 is 2. The molecule has 4 aliphatic rings. The fourth-order valence-electron chi connectivity index (χ4n) is 9.79. The molecule has 0 bridgehead atoms. The van der Waals surface area contributed by atoms with Gasteiger partial charge in [-0.15, -0.1) is 0 Å². The molecule has 0 N–H and O–H groups in total. The lowest BCUT2D eigenvalue weighted by Crippen LogP contribution is -2.38. The topological polar surface area (TPSA) is 18.5 Å². The summed E-state index contributed by atoms with van der Waals surface area (Å²) in [5.41, 5.74) is 6.51. The molecule has 0 aromatic heterocycles. The molecule has 0 aliphatic heterocycles. The second kappa shape index (κ2) is 14.8.